The van der Waals surface area contributed by atoms with E-state index in [1.54, 1.807) is 13.2 Å². The van der Waals surface area contributed by atoms with E-state index in [9.17, 15) is 4.79 Å². The zero-order valence-corrected chi connectivity index (χ0v) is 18.1. The highest BCUT2D eigenvalue weighted by molar-refractivity contribution is 14.0. The standard InChI is InChI=1S/C20H25N5O.HI/c1-15-7-8-18(23-13-15)24-19(26)9-11-22-20(21-2)25-12-10-16-5-3-4-6-17(16)14-25;/h3-8,13H,9-12,14H2,1-2H3,(H,21,22)(H,23,24,26);1H. The molecule has 2 aromatic rings. The number of nitrogens with one attached hydrogen (secondary N) is 2. The molecule has 1 aromatic heterocycles. The van der Waals surface area contributed by atoms with Gasteiger partial charge in [-0.15, -0.1) is 24.0 Å². The van der Waals surface area contributed by atoms with Gasteiger partial charge in [-0.1, -0.05) is 30.3 Å². The number of carbonyl (C=O) groups excluding carboxylic acids is 1. The third kappa shape index (κ3) is 5.92. The molecule has 0 bridgehead atoms. The average Bonchev–Trinajstić information content (AvgIpc) is 2.67. The number of carbonyl (C=O) groups is 1. The first-order chi connectivity index (χ1) is 12.7. The number of aliphatic imine (C=N–C) groups is 1. The molecule has 0 fully saturated rings. The lowest BCUT2D eigenvalue weighted by Gasteiger charge is -2.31. The zero-order valence-electron chi connectivity index (χ0n) is 15.7. The topological polar surface area (TPSA) is 69.6 Å². The maximum Gasteiger partial charge on any atom is 0.227 e. The molecule has 0 atom stereocenters. The van der Waals surface area contributed by atoms with Crippen LogP contribution in [0.25, 0.3) is 0 Å². The highest BCUT2D eigenvalue weighted by Gasteiger charge is 2.18. The quantitative estimate of drug-likeness (QED) is 0.402. The van der Waals surface area contributed by atoms with Crippen LogP contribution in [-0.4, -0.2) is 41.9 Å². The van der Waals surface area contributed by atoms with Crippen molar-refractivity contribution in [3.05, 3.63) is 59.3 Å². The first-order valence-electron chi connectivity index (χ1n) is 8.90. The van der Waals surface area contributed by atoms with Gasteiger partial charge in [-0.05, 0) is 36.1 Å². The maximum absolute atomic E-state index is 12.1. The number of halogens is 1. The van der Waals surface area contributed by atoms with E-state index in [0.29, 0.717) is 18.8 Å². The zero-order chi connectivity index (χ0) is 18.4. The average molecular weight is 479 g/mol. The Morgan fingerprint density at radius 2 is 2.00 bits per heavy atom. The molecule has 0 saturated heterocycles. The Hall–Kier alpha value is -2.16. The molecule has 1 amide bonds. The summed E-state index contributed by atoms with van der Waals surface area (Å²) in [4.78, 5) is 22.8. The van der Waals surface area contributed by atoms with Gasteiger partial charge in [-0.2, -0.15) is 0 Å². The van der Waals surface area contributed by atoms with Crippen LogP contribution in [-0.2, 0) is 17.8 Å². The summed E-state index contributed by atoms with van der Waals surface area (Å²) in [5.74, 6) is 1.35. The fourth-order valence-electron chi connectivity index (χ4n) is 3.04. The molecule has 144 valence electrons. The molecule has 0 saturated carbocycles. The van der Waals surface area contributed by atoms with Gasteiger partial charge < -0.3 is 15.5 Å². The molecule has 1 aliphatic heterocycles. The lowest BCUT2D eigenvalue weighted by molar-refractivity contribution is -0.116. The first-order valence-corrected chi connectivity index (χ1v) is 8.90. The SMILES string of the molecule is CN=C(NCCC(=O)Nc1ccc(C)cn1)N1CCc2ccccc2C1.I. The van der Waals surface area contributed by atoms with Crippen molar-refractivity contribution < 1.29 is 4.79 Å². The predicted molar refractivity (Wildman–Crippen MR) is 120 cm³/mol. The van der Waals surface area contributed by atoms with Gasteiger partial charge >= 0.3 is 0 Å². The van der Waals surface area contributed by atoms with Crippen molar-refractivity contribution in [3.63, 3.8) is 0 Å². The molecular weight excluding hydrogens is 453 g/mol. The number of aromatic nitrogens is 1. The summed E-state index contributed by atoms with van der Waals surface area (Å²) in [5, 5.41) is 6.10. The highest BCUT2D eigenvalue weighted by Crippen LogP contribution is 2.18. The van der Waals surface area contributed by atoms with Crippen molar-refractivity contribution >= 4 is 41.7 Å². The molecule has 0 radical (unpaired) electrons. The Bertz CT molecular complexity index is 791. The summed E-state index contributed by atoms with van der Waals surface area (Å²) < 4.78 is 0. The van der Waals surface area contributed by atoms with Crippen molar-refractivity contribution in [2.75, 3.05) is 25.5 Å². The van der Waals surface area contributed by atoms with E-state index in [4.69, 9.17) is 0 Å². The number of pyridine rings is 1. The molecular formula is C20H26IN5O. The minimum atomic E-state index is -0.0618. The molecule has 0 aliphatic carbocycles. The van der Waals surface area contributed by atoms with Crippen LogP contribution in [0.2, 0.25) is 0 Å². The van der Waals surface area contributed by atoms with Gasteiger partial charge in [0.1, 0.15) is 5.82 Å². The molecule has 2 heterocycles. The number of amides is 1. The second kappa shape index (κ2) is 10.2. The second-order valence-corrected chi connectivity index (χ2v) is 6.43. The third-order valence-electron chi connectivity index (χ3n) is 4.46. The normalized spacial score (nSPS) is 13.4. The lowest BCUT2D eigenvalue weighted by atomic mass is 10.0. The van der Waals surface area contributed by atoms with Gasteiger partial charge in [-0.25, -0.2) is 4.98 Å². The number of hydrogen-bond donors (Lipinski definition) is 2. The molecule has 27 heavy (non-hydrogen) atoms. The van der Waals surface area contributed by atoms with Gasteiger partial charge in [0.15, 0.2) is 5.96 Å². The Kier molecular flexibility index (Phi) is 8.02. The van der Waals surface area contributed by atoms with Crippen LogP contribution in [0.4, 0.5) is 5.82 Å². The van der Waals surface area contributed by atoms with Crippen LogP contribution in [0.3, 0.4) is 0 Å². The van der Waals surface area contributed by atoms with Crippen molar-refractivity contribution in [1.82, 2.24) is 15.2 Å². The Morgan fingerprint density at radius 1 is 1.22 bits per heavy atom. The third-order valence-corrected chi connectivity index (χ3v) is 4.46. The highest BCUT2D eigenvalue weighted by atomic mass is 127. The summed E-state index contributed by atoms with van der Waals surface area (Å²) in [6, 6.07) is 12.2. The van der Waals surface area contributed by atoms with Crippen LogP contribution in [0, 0.1) is 6.92 Å². The number of anilines is 1. The summed E-state index contributed by atoms with van der Waals surface area (Å²) in [6.07, 6.45) is 3.11. The number of rotatable bonds is 4. The molecule has 0 unspecified atom stereocenters. The fraction of sp³-hybridized carbons (Fsp3) is 0.350. The summed E-state index contributed by atoms with van der Waals surface area (Å²) in [6.45, 7) is 4.27. The number of guanidine groups is 1. The molecule has 6 nitrogen and oxygen atoms in total. The monoisotopic (exact) mass is 479 g/mol. The van der Waals surface area contributed by atoms with Crippen LogP contribution in [0.15, 0.2) is 47.6 Å². The van der Waals surface area contributed by atoms with Crippen LogP contribution < -0.4 is 10.6 Å². The molecule has 1 aliphatic rings. The Morgan fingerprint density at radius 3 is 2.70 bits per heavy atom. The number of hydrogen-bond acceptors (Lipinski definition) is 3. The number of benzene rings is 1. The van der Waals surface area contributed by atoms with E-state index in [0.717, 1.165) is 31.0 Å². The van der Waals surface area contributed by atoms with Gasteiger partial charge in [0.25, 0.3) is 0 Å². The molecule has 2 N–H and O–H groups in total. The van der Waals surface area contributed by atoms with Gasteiger partial charge in [0, 0.05) is 39.3 Å². The van der Waals surface area contributed by atoms with E-state index in [2.05, 4.69) is 49.8 Å². The number of fused-ring (bicyclic) bond motifs is 1. The fourth-order valence-corrected chi connectivity index (χ4v) is 3.04. The van der Waals surface area contributed by atoms with Gasteiger partial charge in [0.2, 0.25) is 5.91 Å². The van der Waals surface area contributed by atoms with Crippen molar-refractivity contribution in [3.8, 4) is 0 Å². The van der Waals surface area contributed by atoms with E-state index >= 15 is 0 Å². The predicted octanol–water partition coefficient (Wildman–Crippen LogP) is 2.97. The molecule has 1 aromatic carbocycles. The lowest BCUT2D eigenvalue weighted by Crippen LogP contribution is -2.44. The van der Waals surface area contributed by atoms with E-state index in [-0.39, 0.29) is 29.9 Å². The Balaban J connectivity index is 0.00000261. The van der Waals surface area contributed by atoms with Crippen molar-refractivity contribution in [2.45, 2.75) is 26.3 Å². The smallest absolute Gasteiger partial charge is 0.227 e. The van der Waals surface area contributed by atoms with Crippen LogP contribution >= 0.6 is 24.0 Å². The first kappa shape index (κ1) is 21.1. The second-order valence-electron chi connectivity index (χ2n) is 6.43. The molecule has 3 rings (SSSR count). The molecule has 7 heteroatoms. The number of nitrogens with zero attached hydrogens (tertiary/aromatic N) is 3. The van der Waals surface area contributed by atoms with Crippen molar-refractivity contribution in [1.29, 1.82) is 0 Å². The van der Waals surface area contributed by atoms with Crippen molar-refractivity contribution in [2.24, 2.45) is 4.99 Å². The summed E-state index contributed by atoms with van der Waals surface area (Å²) in [5.41, 5.74) is 3.81. The molecule has 0 spiro atoms. The Labute approximate surface area is 177 Å². The van der Waals surface area contributed by atoms with E-state index < -0.39 is 0 Å². The van der Waals surface area contributed by atoms with Gasteiger partial charge in [0.05, 0.1) is 0 Å². The summed E-state index contributed by atoms with van der Waals surface area (Å²) in [7, 11) is 1.78. The summed E-state index contributed by atoms with van der Waals surface area (Å²) >= 11 is 0. The van der Waals surface area contributed by atoms with Crippen LogP contribution in [0.1, 0.15) is 23.1 Å². The van der Waals surface area contributed by atoms with Crippen LogP contribution in [0.5, 0.6) is 0 Å². The van der Waals surface area contributed by atoms with E-state index in [1.807, 2.05) is 19.1 Å². The number of aryl methyl sites for hydroxylation is 1. The van der Waals surface area contributed by atoms with Gasteiger partial charge in [-0.3, -0.25) is 9.79 Å². The largest absolute Gasteiger partial charge is 0.356 e. The minimum absolute atomic E-state index is 0. The van der Waals surface area contributed by atoms with E-state index in [1.165, 1.54) is 11.1 Å². The minimum Gasteiger partial charge on any atom is -0.356 e. The maximum atomic E-state index is 12.1.